The molecule has 0 amide bonds. The Hall–Kier alpha value is -0.890. The van der Waals surface area contributed by atoms with Crippen molar-refractivity contribution in [2.75, 3.05) is 0 Å². The minimum Gasteiger partial charge on any atom is -0.393 e. The van der Waals surface area contributed by atoms with Crippen molar-refractivity contribution in [2.45, 2.75) is 31.8 Å². The van der Waals surface area contributed by atoms with Gasteiger partial charge in [0.05, 0.1) is 6.10 Å². The van der Waals surface area contributed by atoms with Crippen LogP contribution in [0.25, 0.3) is 0 Å². The van der Waals surface area contributed by atoms with Gasteiger partial charge >= 0.3 is 0 Å². The summed E-state index contributed by atoms with van der Waals surface area (Å²) in [5.41, 5.74) is 1.29. The number of hydrogen-bond acceptors (Lipinski definition) is 2. The number of aromatic nitrogens is 1. The zero-order chi connectivity index (χ0) is 9.10. The second-order valence-corrected chi connectivity index (χ2v) is 3.82. The van der Waals surface area contributed by atoms with E-state index >= 15 is 0 Å². The molecule has 0 spiro atoms. The van der Waals surface area contributed by atoms with Crippen molar-refractivity contribution >= 4 is 0 Å². The first-order valence-electron chi connectivity index (χ1n) is 4.93. The van der Waals surface area contributed by atoms with Gasteiger partial charge in [-0.2, -0.15) is 0 Å². The van der Waals surface area contributed by atoms with Crippen molar-refractivity contribution in [1.82, 2.24) is 4.98 Å². The highest BCUT2D eigenvalue weighted by Gasteiger charge is 2.24. The van der Waals surface area contributed by atoms with Crippen LogP contribution in [0.1, 0.15) is 24.8 Å². The Morgan fingerprint density at radius 2 is 2.08 bits per heavy atom. The molecule has 0 saturated heterocycles. The Morgan fingerprint density at radius 1 is 1.31 bits per heavy atom. The van der Waals surface area contributed by atoms with Crippen LogP contribution in [0, 0.1) is 5.92 Å². The van der Waals surface area contributed by atoms with Crippen LogP contribution in [-0.4, -0.2) is 16.2 Å². The van der Waals surface area contributed by atoms with Gasteiger partial charge in [-0.1, -0.05) is 6.42 Å². The Balaban J connectivity index is 1.98. The maximum atomic E-state index is 9.63. The molecule has 1 heterocycles. The summed E-state index contributed by atoms with van der Waals surface area (Å²) >= 11 is 0. The van der Waals surface area contributed by atoms with Crippen LogP contribution in [0.4, 0.5) is 0 Å². The molecular weight excluding hydrogens is 162 g/mol. The lowest BCUT2D eigenvalue weighted by Gasteiger charge is -2.13. The third-order valence-electron chi connectivity index (χ3n) is 2.87. The van der Waals surface area contributed by atoms with Gasteiger partial charge in [-0.05, 0) is 42.9 Å². The van der Waals surface area contributed by atoms with Crippen LogP contribution in [0.5, 0.6) is 0 Å². The highest BCUT2D eigenvalue weighted by Crippen LogP contribution is 2.28. The molecule has 2 atom stereocenters. The summed E-state index contributed by atoms with van der Waals surface area (Å²) in [4.78, 5) is 3.98. The number of aliphatic hydroxyl groups is 1. The van der Waals surface area contributed by atoms with E-state index in [1.807, 2.05) is 24.5 Å². The Kier molecular flexibility index (Phi) is 2.60. The first-order chi connectivity index (χ1) is 6.36. The average Bonchev–Trinajstić information content (AvgIpc) is 2.54. The SMILES string of the molecule is O[C@@H]1CCC[C@H]1Cc1ccncc1. The Labute approximate surface area is 78.6 Å². The number of pyridine rings is 1. The molecule has 0 unspecified atom stereocenters. The lowest BCUT2D eigenvalue weighted by atomic mass is 9.97. The molecule has 0 bridgehead atoms. The summed E-state index contributed by atoms with van der Waals surface area (Å²) in [6.45, 7) is 0. The van der Waals surface area contributed by atoms with Gasteiger partial charge in [0.2, 0.25) is 0 Å². The maximum absolute atomic E-state index is 9.63. The molecule has 1 aromatic rings. The van der Waals surface area contributed by atoms with Gasteiger partial charge in [0.25, 0.3) is 0 Å². The van der Waals surface area contributed by atoms with Gasteiger partial charge in [-0.3, -0.25) is 4.98 Å². The number of hydrogen-bond donors (Lipinski definition) is 1. The minimum atomic E-state index is -0.0758. The van der Waals surface area contributed by atoms with E-state index in [1.165, 1.54) is 18.4 Å². The van der Waals surface area contributed by atoms with Crippen LogP contribution in [0.2, 0.25) is 0 Å². The molecule has 2 heteroatoms. The fourth-order valence-electron chi connectivity index (χ4n) is 2.08. The molecule has 70 valence electrons. The van der Waals surface area contributed by atoms with E-state index in [-0.39, 0.29) is 6.10 Å². The first kappa shape index (κ1) is 8.70. The van der Waals surface area contributed by atoms with Crippen LogP contribution >= 0.6 is 0 Å². The van der Waals surface area contributed by atoms with Crippen LogP contribution in [0.3, 0.4) is 0 Å². The van der Waals surface area contributed by atoms with E-state index in [4.69, 9.17) is 0 Å². The van der Waals surface area contributed by atoms with E-state index in [0.29, 0.717) is 5.92 Å². The molecule has 1 N–H and O–H groups in total. The molecule has 1 fully saturated rings. The quantitative estimate of drug-likeness (QED) is 0.747. The smallest absolute Gasteiger partial charge is 0.0571 e. The van der Waals surface area contributed by atoms with Crippen molar-refractivity contribution in [2.24, 2.45) is 5.92 Å². The number of aliphatic hydroxyl groups excluding tert-OH is 1. The molecule has 1 aliphatic rings. The topological polar surface area (TPSA) is 33.1 Å². The summed E-state index contributed by atoms with van der Waals surface area (Å²) in [5.74, 6) is 0.474. The first-order valence-corrected chi connectivity index (χ1v) is 4.93. The van der Waals surface area contributed by atoms with Gasteiger partial charge in [0.15, 0.2) is 0 Å². The summed E-state index contributed by atoms with van der Waals surface area (Å²) in [6.07, 6.45) is 7.89. The molecule has 1 saturated carbocycles. The van der Waals surface area contributed by atoms with Crippen molar-refractivity contribution in [3.8, 4) is 0 Å². The van der Waals surface area contributed by atoms with E-state index in [2.05, 4.69) is 4.98 Å². The van der Waals surface area contributed by atoms with Crippen molar-refractivity contribution in [3.05, 3.63) is 30.1 Å². The minimum absolute atomic E-state index is 0.0758. The molecule has 0 aromatic carbocycles. The zero-order valence-corrected chi connectivity index (χ0v) is 7.69. The fourth-order valence-corrected chi connectivity index (χ4v) is 2.08. The Bertz CT molecular complexity index is 260. The molecule has 13 heavy (non-hydrogen) atoms. The van der Waals surface area contributed by atoms with Crippen LogP contribution < -0.4 is 0 Å². The van der Waals surface area contributed by atoms with E-state index < -0.39 is 0 Å². The highest BCUT2D eigenvalue weighted by molar-refractivity contribution is 5.11. The monoisotopic (exact) mass is 177 g/mol. The third-order valence-corrected chi connectivity index (χ3v) is 2.87. The van der Waals surface area contributed by atoms with Gasteiger partial charge < -0.3 is 5.11 Å². The summed E-state index contributed by atoms with van der Waals surface area (Å²) in [7, 11) is 0. The van der Waals surface area contributed by atoms with Gasteiger partial charge in [-0.25, -0.2) is 0 Å². The fraction of sp³-hybridized carbons (Fsp3) is 0.545. The lowest BCUT2D eigenvalue weighted by molar-refractivity contribution is 0.132. The normalized spacial score (nSPS) is 27.8. The summed E-state index contributed by atoms with van der Waals surface area (Å²) < 4.78 is 0. The summed E-state index contributed by atoms with van der Waals surface area (Å²) in [5, 5.41) is 9.63. The third kappa shape index (κ3) is 2.07. The predicted octanol–water partition coefficient (Wildman–Crippen LogP) is 1.79. The number of nitrogens with zero attached hydrogens (tertiary/aromatic N) is 1. The zero-order valence-electron chi connectivity index (χ0n) is 7.69. The van der Waals surface area contributed by atoms with E-state index in [0.717, 1.165) is 12.8 Å². The largest absolute Gasteiger partial charge is 0.393 e. The second kappa shape index (κ2) is 3.88. The molecule has 1 aliphatic carbocycles. The predicted molar refractivity (Wildman–Crippen MR) is 51.3 cm³/mol. The standard InChI is InChI=1S/C11H15NO/c13-11-3-1-2-10(11)8-9-4-6-12-7-5-9/h4-7,10-11,13H,1-3,8H2/t10-,11+/m0/s1. The molecular formula is C11H15NO. The van der Waals surface area contributed by atoms with Crippen LogP contribution in [0.15, 0.2) is 24.5 Å². The summed E-state index contributed by atoms with van der Waals surface area (Å²) in [6, 6.07) is 4.07. The van der Waals surface area contributed by atoms with E-state index in [9.17, 15) is 5.11 Å². The van der Waals surface area contributed by atoms with Crippen molar-refractivity contribution in [3.63, 3.8) is 0 Å². The van der Waals surface area contributed by atoms with E-state index in [1.54, 1.807) is 0 Å². The van der Waals surface area contributed by atoms with Gasteiger partial charge in [0.1, 0.15) is 0 Å². The average molecular weight is 177 g/mol. The molecule has 1 aromatic heterocycles. The van der Waals surface area contributed by atoms with Gasteiger partial charge in [0, 0.05) is 12.4 Å². The van der Waals surface area contributed by atoms with Crippen molar-refractivity contribution in [1.29, 1.82) is 0 Å². The molecule has 2 nitrogen and oxygen atoms in total. The highest BCUT2D eigenvalue weighted by atomic mass is 16.3. The Morgan fingerprint density at radius 3 is 2.69 bits per heavy atom. The molecule has 0 radical (unpaired) electrons. The van der Waals surface area contributed by atoms with Crippen molar-refractivity contribution < 1.29 is 5.11 Å². The maximum Gasteiger partial charge on any atom is 0.0571 e. The number of rotatable bonds is 2. The lowest BCUT2D eigenvalue weighted by Crippen LogP contribution is -2.15. The van der Waals surface area contributed by atoms with Gasteiger partial charge in [-0.15, -0.1) is 0 Å². The molecule has 2 rings (SSSR count). The van der Waals surface area contributed by atoms with Crippen LogP contribution in [-0.2, 0) is 6.42 Å². The second-order valence-electron chi connectivity index (χ2n) is 3.82. The molecule has 0 aliphatic heterocycles.